The molecule has 1 aliphatic heterocycles. The van der Waals surface area contributed by atoms with Crippen molar-refractivity contribution in [1.82, 2.24) is 5.32 Å². The zero-order valence-corrected chi connectivity index (χ0v) is 18.7. The third-order valence-corrected chi connectivity index (χ3v) is 6.68. The minimum atomic E-state index is -0.578. The number of hydrogen-bond donors (Lipinski definition) is 2. The molecule has 1 saturated carbocycles. The molecule has 1 aliphatic carbocycles. The quantitative estimate of drug-likeness (QED) is 0.641. The van der Waals surface area contributed by atoms with E-state index in [4.69, 9.17) is 4.74 Å². The second kappa shape index (κ2) is 8.90. The molecule has 2 fully saturated rings. The molecular formula is C24H27BrN2O3. The fourth-order valence-corrected chi connectivity index (χ4v) is 4.26. The van der Waals surface area contributed by atoms with Crippen molar-refractivity contribution in [1.29, 1.82) is 0 Å². The van der Waals surface area contributed by atoms with E-state index in [0.29, 0.717) is 26.1 Å². The van der Waals surface area contributed by atoms with Gasteiger partial charge in [-0.25, -0.2) is 0 Å². The largest absolute Gasteiger partial charge is 0.381 e. The van der Waals surface area contributed by atoms with Gasteiger partial charge in [-0.3, -0.25) is 9.59 Å². The lowest BCUT2D eigenvalue weighted by molar-refractivity contribution is -0.131. The van der Waals surface area contributed by atoms with E-state index in [9.17, 15) is 9.59 Å². The van der Waals surface area contributed by atoms with Crippen LogP contribution >= 0.6 is 15.9 Å². The molecule has 0 bridgehead atoms. The highest BCUT2D eigenvalue weighted by molar-refractivity contribution is 9.10. The van der Waals surface area contributed by atoms with Crippen LogP contribution < -0.4 is 10.6 Å². The van der Waals surface area contributed by atoms with Crippen molar-refractivity contribution in [2.75, 3.05) is 18.5 Å². The lowest BCUT2D eigenvalue weighted by Gasteiger charge is -2.37. The Morgan fingerprint density at radius 1 is 1.03 bits per heavy atom. The monoisotopic (exact) mass is 470 g/mol. The minimum absolute atomic E-state index is 0.0340. The summed E-state index contributed by atoms with van der Waals surface area (Å²) in [5, 5.41) is 6.17. The molecule has 1 saturated heterocycles. The molecule has 4 rings (SSSR count). The first-order valence-corrected chi connectivity index (χ1v) is 11.3. The van der Waals surface area contributed by atoms with Gasteiger partial charge in [-0.15, -0.1) is 0 Å². The van der Waals surface area contributed by atoms with Gasteiger partial charge in [-0.1, -0.05) is 40.2 Å². The maximum atomic E-state index is 13.4. The number of rotatable bonds is 6. The lowest BCUT2D eigenvalue weighted by atomic mass is 9.73. The number of amides is 2. The fraction of sp³-hybridized carbons (Fsp3) is 0.417. The maximum Gasteiger partial charge on any atom is 0.231 e. The van der Waals surface area contributed by atoms with E-state index in [1.807, 2.05) is 55.5 Å². The zero-order chi connectivity index (χ0) is 21.1. The number of anilines is 1. The van der Waals surface area contributed by atoms with Gasteiger partial charge in [0.1, 0.15) is 0 Å². The average Bonchev–Trinajstić information content (AvgIpc) is 3.61. The van der Waals surface area contributed by atoms with Crippen LogP contribution in [0.5, 0.6) is 0 Å². The summed E-state index contributed by atoms with van der Waals surface area (Å²) in [4.78, 5) is 25.4. The SMILES string of the molecule is CC(NC(=O)C1(c2ccc(Br)cc2)CCOCC1)c1ccc(NC(=O)C2CC2)cc1. The van der Waals surface area contributed by atoms with Crippen molar-refractivity contribution in [2.45, 2.75) is 44.1 Å². The minimum Gasteiger partial charge on any atom is -0.381 e. The average molecular weight is 471 g/mol. The molecule has 6 heteroatoms. The van der Waals surface area contributed by atoms with Crippen LogP contribution in [0, 0.1) is 5.92 Å². The standard InChI is InChI=1S/C24H27BrN2O3/c1-16(17-4-10-21(11-5-17)27-22(28)18-2-3-18)26-23(29)24(12-14-30-15-13-24)19-6-8-20(25)9-7-19/h4-11,16,18H,2-3,12-15H2,1H3,(H,26,29)(H,27,28). The molecule has 2 amide bonds. The van der Waals surface area contributed by atoms with Crippen molar-refractivity contribution >= 4 is 33.4 Å². The van der Waals surface area contributed by atoms with E-state index in [-0.39, 0.29) is 23.8 Å². The number of hydrogen-bond acceptors (Lipinski definition) is 3. The highest BCUT2D eigenvalue weighted by atomic mass is 79.9. The number of carbonyl (C=O) groups excluding carboxylic acids is 2. The molecule has 0 aromatic heterocycles. The van der Waals surface area contributed by atoms with E-state index < -0.39 is 5.41 Å². The Morgan fingerprint density at radius 2 is 1.67 bits per heavy atom. The van der Waals surface area contributed by atoms with E-state index in [1.165, 1.54) is 0 Å². The molecule has 2 aromatic carbocycles. The number of carbonyl (C=O) groups is 2. The number of benzene rings is 2. The first kappa shape index (κ1) is 21.1. The van der Waals surface area contributed by atoms with E-state index in [2.05, 4.69) is 26.6 Å². The van der Waals surface area contributed by atoms with Crippen molar-refractivity contribution < 1.29 is 14.3 Å². The maximum absolute atomic E-state index is 13.4. The van der Waals surface area contributed by atoms with Crippen molar-refractivity contribution in [3.8, 4) is 0 Å². The smallest absolute Gasteiger partial charge is 0.231 e. The molecule has 0 spiro atoms. The number of nitrogens with one attached hydrogen (secondary N) is 2. The number of ether oxygens (including phenoxy) is 1. The Bertz CT molecular complexity index is 901. The summed E-state index contributed by atoms with van der Waals surface area (Å²) >= 11 is 3.48. The number of halogens is 1. The highest BCUT2D eigenvalue weighted by Crippen LogP contribution is 2.36. The van der Waals surface area contributed by atoms with Crippen LogP contribution in [0.2, 0.25) is 0 Å². The topological polar surface area (TPSA) is 67.4 Å². The van der Waals surface area contributed by atoms with Gasteiger partial charge in [0.25, 0.3) is 0 Å². The van der Waals surface area contributed by atoms with Crippen LogP contribution in [0.15, 0.2) is 53.0 Å². The van der Waals surface area contributed by atoms with Crippen LogP contribution in [-0.4, -0.2) is 25.0 Å². The molecule has 0 radical (unpaired) electrons. The van der Waals surface area contributed by atoms with E-state index in [1.54, 1.807) is 0 Å². The molecule has 2 aliphatic rings. The summed E-state index contributed by atoms with van der Waals surface area (Å²) in [7, 11) is 0. The third-order valence-electron chi connectivity index (χ3n) is 6.15. The Hall–Kier alpha value is -2.18. The Kier molecular flexibility index (Phi) is 6.25. The molecule has 30 heavy (non-hydrogen) atoms. The molecule has 158 valence electrons. The van der Waals surface area contributed by atoms with Crippen LogP contribution in [0.3, 0.4) is 0 Å². The van der Waals surface area contributed by atoms with Gasteiger partial charge in [0, 0.05) is 29.3 Å². The zero-order valence-electron chi connectivity index (χ0n) is 17.1. The van der Waals surface area contributed by atoms with Crippen molar-refractivity contribution in [3.63, 3.8) is 0 Å². The second-order valence-corrected chi connectivity index (χ2v) is 9.20. The Balaban J connectivity index is 1.46. The summed E-state index contributed by atoms with van der Waals surface area (Å²) in [6.45, 7) is 3.14. The van der Waals surface area contributed by atoms with Crippen molar-refractivity contribution in [2.24, 2.45) is 5.92 Å². The van der Waals surface area contributed by atoms with Crippen LogP contribution in [0.25, 0.3) is 0 Å². The third kappa shape index (κ3) is 4.60. The summed E-state index contributed by atoms with van der Waals surface area (Å²) in [5.74, 6) is 0.309. The van der Waals surface area contributed by atoms with Gasteiger partial charge in [0.15, 0.2) is 0 Å². The lowest BCUT2D eigenvalue weighted by Crippen LogP contribution is -2.48. The van der Waals surface area contributed by atoms with E-state index >= 15 is 0 Å². The molecule has 1 heterocycles. The molecule has 2 N–H and O–H groups in total. The van der Waals surface area contributed by atoms with Crippen molar-refractivity contribution in [3.05, 3.63) is 64.1 Å². The molecule has 1 unspecified atom stereocenters. The Labute approximate surface area is 185 Å². The fourth-order valence-electron chi connectivity index (χ4n) is 4.00. The first-order chi connectivity index (χ1) is 14.5. The van der Waals surface area contributed by atoms with Gasteiger partial charge in [0.05, 0.1) is 11.5 Å². The van der Waals surface area contributed by atoms with Crippen LogP contribution in [-0.2, 0) is 19.7 Å². The second-order valence-electron chi connectivity index (χ2n) is 8.28. The molecule has 5 nitrogen and oxygen atoms in total. The predicted molar refractivity (Wildman–Crippen MR) is 120 cm³/mol. The van der Waals surface area contributed by atoms with Gasteiger partial charge in [-0.05, 0) is 68.0 Å². The van der Waals surface area contributed by atoms with Gasteiger partial charge >= 0.3 is 0 Å². The van der Waals surface area contributed by atoms with Crippen LogP contribution in [0.1, 0.15) is 49.8 Å². The summed E-state index contributed by atoms with van der Waals surface area (Å²) in [6, 6.07) is 15.6. The highest BCUT2D eigenvalue weighted by Gasteiger charge is 2.42. The predicted octanol–water partition coefficient (Wildman–Crippen LogP) is 4.72. The first-order valence-electron chi connectivity index (χ1n) is 10.5. The summed E-state index contributed by atoms with van der Waals surface area (Å²) in [5.41, 5.74) is 2.25. The van der Waals surface area contributed by atoms with Crippen LogP contribution in [0.4, 0.5) is 5.69 Å². The molecule has 1 atom stereocenters. The molecular weight excluding hydrogens is 444 g/mol. The normalized spacial score (nSPS) is 19.0. The Morgan fingerprint density at radius 3 is 2.27 bits per heavy atom. The van der Waals surface area contributed by atoms with Gasteiger partial charge in [-0.2, -0.15) is 0 Å². The van der Waals surface area contributed by atoms with Gasteiger partial charge < -0.3 is 15.4 Å². The van der Waals surface area contributed by atoms with E-state index in [0.717, 1.165) is 34.1 Å². The summed E-state index contributed by atoms with van der Waals surface area (Å²) in [6.07, 6.45) is 3.30. The molecule has 2 aromatic rings. The summed E-state index contributed by atoms with van der Waals surface area (Å²) < 4.78 is 6.55. The van der Waals surface area contributed by atoms with Gasteiger partial charge in [0.2, 0.25) is 11.8 Å².